The van der Waals surface area contributed by atoms with Crippen LogP contribution in [0.4, 0.5) is 11.5 Å². The Kier molecular flexibility index (Phi) is 5.38. The molecule has 1 amide bonds. The van der Waals surface area contributed by atoms with E-state index in [1.54, 1.807) is 11.3 Å². The van der Waals surface area contributed by atoms with Crippen LogP contribution in [0.15, 0.2) is 53.7 Å². The number of aromatic nitrogens is 2. The summed E-state index contributed by atoms with van der Waals surface area (Å²) in [4.78, 5) is 25.1. The van der Waals surface area contributed by atoms with Crippen LogP contribution >= 0.6 is 11.3 Å². The summed E-state index contributed by atoms with van der Waals surface area (Å²) in [5.41, 5.74) is 6.66. The Hall–Kier alpha value is -3.56. The van der Waals surface area contributed by atoms with E-state index in [9.17, 15) is 4.79 Å². The Morgan fingerprint density at radius 1 is 1.26 bits per heavy atom. The molecule has 0 radical (unpaired) electrons. The molecule has 2 atom stereocenters. The van der Waals surface area contributed by atoms with E-state index in [1.165, 1.54) is 6.92 Å². The van der Waals surface area contributed by atoms with Crippen LogP contribution in [-0.2, 0) is 9.53 Å². The van der Waals surface area contributed by atoms with Crippen molar-refractivity contribution in [1.82, 2.24) is 15.4 Å². The van der Waals surface area contributed by atoms with Crippen LogP contribution in [0, 0.1) is 5.41 Å². The van der Waals surface area contributed by atoms with Crippen molar-refractivity contribution >= 4 is 50.8 Å². The molecule has 2 N–H and O–H groups in total. The van der Waals surface area contributed by atoms with Gasteiger partial charge in [0.2, 0.25) is 5.91 Å². The second kappa shape index (κ2) is 8.58. The number of rotatable bonds is 4. The van der Waals surface area contributed by atoms with Gasteiger partial charge in [0.25, 0.3) is 0 Å². The number of hydrogen-bond acceptors (Lipinski definition) is 8. The average molecular weight is 487 g/mol. The Bertz CT molecular complexity index is 1400. The van der Waals surface area contributed by atoms with Gasteiger partial charge < -0.3 is 20.4 Å². The van der Waals surface area contributed by atoms with Crippen molar-refractivity contribution < 1.29 is 9.53 Å². The monoisotopic (exact) mass is 486 g/mol. The number of carbonyl (C=O) groups excluding carboxylic acids is 1. The molecule has 0 bridgehead atoms. The summed E-state index contributed by atoms with van der Waals surface area (Å²) < 4.78 is 6.67. The number of carbonyl (C=O) groups is 1. The van der Waals surface area contributed by atoms with Gasteiger partial charge in [0.05, 0.1) is 34.9 Å². The summed E-state index contributed by atoms with van der Waals surface area (Å²) >= 11 is 1.68. The number of morpholine rings is 1. The molecule has 0 spiro atoms. The van der Waals surface area contributed by atoms with Gasteiger partial charge in [-0.1, -0.05) is 30.4 Å². The van der Waals surface area contributed by atoms with Gasteiger partial charge in [-0.3, -0.25) is 4.79 Å². The van der Waals surface area contributed by atoms with Crippen molar-refractivity contribution in [3.63, 3.8) is 0 Å². The first-order chi connectivity index (χ1) is 17.0. The van der Waals surface area contributed by atoms with Gasteiger partial charge in [0.1, 0.15) is 0 Å². The largest absolute Gasteiger partial charge is 0.378 e. The molecule has 2 aromatic heterocycles. The number of anilines is 2. The molecule has 0 saturated carbocycles. The Balaban J connectivity index is 1.49. The number of nitrogens with one attached hydrogen (secondary N) is 2. The van der Waals surface area contributed by atoms with Crippen LogP contribution < -0.4 is 15.6 Å². The van der Waals surface area contributed by atoms with Crippen molar-refractivity contribution in [2.45, 2.75) is 19.9 Å². The first-order valence-electron chi connectivity index (χ1n) is 11.7. The van der Waals surface area contributed by atoms with Crippen molar-refractivity contribution in [1.29, 1.82) is 0 Å². The maximum absolute atomic E-state index is 11.5. The van der Waals surface area contributed by atoms with E-state index in [2.05, 4.69) is 58.0 Å². The van der Waals surface area contributed by atoms with E-state index in [4.69, 9.17) is 14.7 Å². The quantitative estimate of drug-likeness (QED) is 0.578. The van der Waals surface area contributed by atoms with Crippen LogP contribution in [0.1, 0.15) is 19.7 Å². The summed E-state index contributed by atoms with van der Waals surface area (Å²) in [6, 6.07) is 10.1. The van der Waals surface area contributed by atoms with E-state index in [0.717, 1.165) is 56.6 Å². The van der Waals surface area contributed by atoms with E-state index in [0.29, 0.717) is 13.2 Å². The second-order valence-electron chi connectivity index (χ2n) is 9.17. The molecule has 2 unspecified atom stereocenters. The third kappa shape index (κ3) is 3.90. The van der Waals surface area contributed by atoms with Crippen molar-refractivity contribution in [3.8, 4) is 10.4 Å². The molecule has 1 saturated heterocycles. The molecule has 35 heavy (non-hydrogen) atoms. The molecule has 3 aliphatic rings. The number of allylic oxidation sites excluding steroid dienone is 2. The van der Waals surface area contributed by atoms with Gasteiger partial charge >= 0.3 is 0 Å². The SMILES string of the molecule is CC(=O)Nc1cccc(-c2cc3nc(C4=CC=CC5NN=CC45C)nc(N4CCOCC4)c3s2)c1. The van der Waals surface area contributed by atoms with Gasteiger partial charge in [-0.2, -0.15) is 5.10 Å². The third-order valence-corrected chi connectivity index (χ3v) is 7.88. The predicted octanol–water partition coefficient (Wildman–Crippen LogP) is 4.07. The van der Waals surface area contributed by atoms with Crippen molar-refractivity contribution in [3.05, 3.63) is 54.4 Å². The highest BCUT2D eigenvalue weighted by Gasteiger charge is 2.42. The Labute approximate surface area is 207 Å². The first-order valence-corrected chi connectivity index (χ1v) is 12.5. The molecular weight excluding hydrogens is 460 g/mol. The molecule has 3 aromatic rings. The fraction of sp³-hybridized carbons (Fsp3) is 0.308. The molecule has 1 aliphatic carbocycles. The number of benzene rings is 1. The number of nitrogens with zero attached hydrogens (tertiary/aromatic N) is 4. The molecule has 9 heteroatoms. The Morgan fingerprint density at radius 2 is 2.11 bits per heavy atom. The molecule has 4 heterocycles. The van der Waals surface area contributed by atoms with Gasteiger partial charge in [-0.05, 0) is 30.7 Å². The van der Waals surface area contributed by atoms with Gasteiger partial charge in [0.15, 0.2) is 11.6 Å². The highest BCUT2D eigenvalue weighted by atomic mass is 32.1. The minimum Gasteiger partial charge on any atom is -0.378 e. The minimum atomic E-state index is -0.309. The second-order valence-corrected chi connectivity index (χ2v) is 10.2. The number of thiophene rings is 1. The zero-order chi connectivity index (χ0) is 24.0. The lowest BCUT2D eigenvalue weighted by Gasteiger charge is -2.32. The number of hydrogen-bond donors (Lipinski definition) is 2. The maximum Gasteiger partial charge on any atom is 0.221 e. The molecule has 6 rings (SSSR count). The van der Waals surface area contributed by atoms with Gasteiger partial charge in [0, 0.05) is 42.4 Å². The minimum absolute atomic E-state index is 0.0863. The predicted molar refractivity (Wildman–Crippen MR) is 141 cm³/mol. The number of amides is 1. The van der Waals surface area contributed by atoms with Crippen LogP contribution in [-0.4, -0.2) is 54.4 Å². The maximum atomic E-state index is 11.5. The van der Waals surface area contributed by atoms with Crippen LogP contribution in [0.25, 0.3) is 26.2 Å². The van der Waals surface area contributed by atoms with E-state index in [-0.39, 0.29) is 17.4 Å². The number of hydrazone groups is 1. The van der Waals surface area contributed by atoms with Crippen molar-refractivity contribution in [2.24, 2.45) is 10.5 Å². The summed E-state index contributed by atoms with van der Waals surface area (Å²) in [5.74, 6) is 1.58. The summed E-state index contributed by atoms with van der Waals surface area (Å²) in [6.07, 6.45) is 8.24. The summed E-state index contributed by atoms with van der Waals surface area (Å²) in [6.45, 7) is 6.63. The molecule has 1 aromatic carbocycles. The van der Waals surface area contributed by atoms with Gasteiger partial charge in [-0.15, -0.1) is 11.3 Å². The standard InChI is InChI=1S/C26H26N6O2S/c1-16(33)28-18-6-3-5-17(13-18)21-14-20-23(35-21)25(32-9-11-34-12-10-32)30-24(29-20)19-7-4-8-22-26(19,2)15-27-31-22/h3-8,13-15,22,31H,9-12H2,1-2H3,(H,28,33). The third-order valence-electron chi connectivity index (χ3n) is 6.71. The molecule has 178 valence electrons. The fourth-order valence-corrected chi connectivity index (χ4v) is 5.93. The Morgan fingerprint density at radius 3 is 2.94 bits per heavy atom. The molecule has 2 aliphatic heterocycles. The normalized spacial score (nSPS) is 23.2. The summed E-state index contributed by atoms with van der Waals surface area (Å²) in [7, 11) is 0. The van der Waals surface area contributed by atoms with Crippen LogP contribution in [0.3, 0.4) is 0 Å². The van der Waals surface area contributed by atoms with Crippen molar-refractivity contribution in [2.75, 3.05) is 36.5 Å². The fourth-order valence-electron chi connectivity index (χ4n) is 4.82. The smallest absolute Gasteiger partial charge is 0.221 e. The topological polar surface area (TPSA) is 91.7 Å². The van der Waals surface area contributed by atoms with E-state index < -0.39 is 0 Å². The van der Waals surface area contributed by atoms with E-state index >= 15 is 0 Å². The zero-order valence-corrected chi connectivity index (χ0v) is 20.4. The van der Waals surface area contributed by atoms with Crippen LogP contribution in [0.5, 0.6) is 0 Å². The lowest BCUT2D eigenvalue weighted by Crippen LogP contribution is -2.39. The zero-order valence-electron chi connectivity index (χ0n) is 19.6. The number of ether oxygens (including phenoxy) is 1. The highest BCUT2D eigenvalue weighted by molar-refractivity contribution is 7.22. The van der Waals surface area contributed by atoms with E-state index in [1.807, 2.05) is 24.4 Å². The summed E-state index contributed by atoms with van der Waals surface area (Å²) in [5, 5.41) is 7.22. The average Bonchev–Trinajstić information content (AvgIpc) is 3.47. The lowest BCUT2D eigenvalue weighted by atomic mass is 9.74. The first kappa shape index (κ1) is 21.9. The highest BCUT2D eigenvalue weighted by Crippen LogP contribution is 2.43. The lowest BCUT2D eigenvalue weighted by molar-refractivity contribution is -0.114. The molecule has 8 nitrogen and oxygen atoms in total. The molecule has 1 fully saturated rings. The number of fused-ring (bicyclic) bond motifs is 2. The van der Waals surface area contributed by atoms with Gasteiger partial charge in [-0.25, -0.2) is 9.97 Å². The van der Waals surface area contributed by atoms with Crippen LogP contribution in [0.2, 0.25) is 0 Å². The molecular formula is C26H26N6O2S.